The first-order valence-electron chi connectivity index (χ1n) is 26.5. The van der Waals surface area contributed by atoms with Crippen LogP contribution in [0.3, 0.4) is 0 Å². The number of ether oxygens (including phenoxy) is 4. The van der Waals surface area contributed by atoms with Gasteiger partial charge in [-0.05, 0) is 109 Å². The summed E-state index contributed by atoms with van der Waals surface area (Å²) in [4.78, 5) is 55.8. The van der Waals surface area contributed by atoms with E-state index in [1.165, 1.54) is 0 Å². The molecule has 68 heavy (non-hydrogen) atoms. The normalized spacial score (nSPS) is 49.1. The van der Waals surface area contributed by atoms with Crippen LogP contribution < -0.4 is 0 Å². The summed E-state index contributed by atoms with van der Waals surface area (Å²) in [6, 6.07) is 0. The van der Waals surface area contributed by atoms with Crippen LogP contribution in [0.15, 0.2) is 23.3 Å². The minimum atomic E-state index is -2.21. The molecule has 4 bridgehead atoms. The fourth-order valence-electron chi connectivity index (χ4n) is 16.8. The van der Waals surface area contributed by atoms with Gasteiger partial charge in [0.2, 0.25) is 0 Å². The SMILES string of the molecule is CC1=C[C@]23C(=O)[C@@H]([C@H](O[Si](C)(C)C(C)(C)C)[C@H](C)[C@H]4OC(=O)O[C@]42[C@H]1C)[C@H]1[C@@H](C[C@H]3C)C1(C)C.CC1=C[C@]23C(=O)[C@@H]([C@H](O[Si](C)(C)C(C)(C)C)[C@H](C)[C@H]4OC(=O)O[C@]42[C@H]1C)[C@H]1[C@@H](C[C@H]3C)C1(C)C. The third-order valence-electron chi connectivity index (χ3n) is 23.1. The summed E-state index contributed by atoms with van der Waals surface area (Å²) in [5, 5.41) is 0.0207. The van der Waals surface area contributed by atoms with Gasteiger partial charge in [0.1, 0.15) is 0 Å². The smallest absolute Gasteiger partial charge is 0.426 e. The molecule has 12 heteroatoms. The van der Waals surface area contributed by atoms with Gasteiger partial charge in [-0.15, -0.1) is 0 Å². The Bertz CT molecular complexity index is 2110. The number of hydrogen-bond donors (Lipinski definition) is 0. The van der Waals surface area contributed by atoms with Crippen LogP contribution >= 0.6 is 0 Å². The van der Waals surface area contributed by atoms with Crippen molar-refractivity contribution in [1.82, 2.24) is 0 Å². The summed E-state index contributed by atoms with van der Waals surface area (Å²) in [5.41, 5.74) is -1.22. The largest absolute Gasteiger partial charge is 0.509 e. The predicted molar refractivity (Wildman–Crippen MR) is 267 cm³/mol. The van der Waals surface area contributed by atoms with E-state index in [-0.39, 0.29) is 104 Å². The number of carbonyl (C=O) groups is 4. The lowest BCUT2D eigenvalue weighted by atomic mass is 9.58. The number of rotatable bonds is 4. The molecule has 6 saturated carbocycles. The van der Waals surface area contributed by atoms with Crippen molar-refractivity contribution in [3.05, 3.63) is 23.3 Å². The van der Waals surface area contributed by atoms with E-state index >= 15 is 9.59 Å². The molecule has 10 rings (SSSR count). The molecule has 0 N–H and O–H groups in total. The highest BCUT2D eigenvalue weighted by atomic mass is 28.4. The lowest BCUT2D eigenvalue weighted by Crippen LogP contribution is -2.62. The summed E-state index contributed by atoms with van der Waals surface area (Å²) < 4.78 is 39.0. The van der Waals surface area contributed by atoms with Crippen molar-refractivity contribution in [2.75, 3.05) is 0 Å². The van der Waals surface area contributed by atoms with Gasteiger partial charge in [-0.3, -0.25) is 9.59 Å². The first-order chi connectivity index (χ1) is 30.9. The van der Waals surface area contributed by atoms with Gasteiger partial charge in [0, 0.05) is 35.5 Å². The Hall–Kier alpha value is -2.29. The van der Waals surface area contributed by atoms with E-state index in [2.05, 4.69) is 163 Å². The van der Waals surface area contributed by atoms with E-state index < -0.39 is 63.2 Å². The number of carbonyl (C=O) groups excluding carboxylic acids is 4. The second-order valence-corrected chi connectivity index (χ2v) is 38.2. The quantitative estimate of drug-likeness (QED) is 0.153. The average molecular weight is 977 g/mol. The number of ketones is 2. The molecule has 10 nitrogen and oxygen atoms in total. The molecule has 8 fully saturated rings. The molecule has 0 radical (unpaired) electrons. The average Bonchev–Trinajstić information content (AvgIpc) is 3.62. The van der Waals surface area contributed by atoms with Gasteiger partial charge in [-0.1, -0.05) is 134 Å². The summed E-state index contributed by atoms with van der Waals surface area (Å²) in [6.45, 7) is 48.9. The van der Waals surface area contributed by atoms with Crippen LogP contribution in [-0.4, -0.2) is 76.1 Å². The molecule has 8 aliphatic carbocycles. The van der Waals surface area contributed by atoms with Crippen molar-refractivity contribution in [3.63, 3.8) is 0 Å². The van der Waals surface area contributed by atoms with Crippen LogP contribution in [0.4, 0.5) is 9.59 Å². The van der Waals surface area contributed by atoms with Gasteiger partial charge in [0.25, 0.3) is 0 Å². The Morgan fingerprint density at radius 1 is 0.559 bits per heavy atom. The van der Waals surface area contributed by atoms with Gasteiger partial charge in [-0.25, -0.2) is 9.59 Å². The van der Waals surface area contributed by atoms with Crippen molar-refractivity contribution >= 4 is 40.5 Å². The van der Waals surface area contributed by atoms with E-state index in [4.69, 9.17) is 27.8 Å². The Balaban J connectivity index is 0.000000170. The maximum absolute atomic E-state index is 15.1. The Labute approximate surface area is 411 Å². The molecule has 4 spiro atoms. The van der Waals surface area contributed by atoms with E-state index in [9.17, 15) is 9.59 Å². The molecule has 2 saturated heterocycles. The van der Waals surface area contributed by atoms with E-state index in [1.807, 2.05) is 0 Å². The molecule has 0 aromatic rings. The highest BCUT2D eigenvalue weighted by Crippen LogP contribution is 2.77. The summed E-state index contributed by atoms with van der Waals surface area (Å²) in [6.07, 6.45) is 3.45. The highest BCUT2D eigenvalue weighted by Gasteiger charge is 2.84. The van der Waals surface area contributed by atoms with Crippen LogP contribution in [0.25, 0.3) is 0 Å². The second kappa shape index (κ2) is 14.7. The number of Topliss-reactive ketones (excluding diaryl/α,β-unsaturated/α-hetero) is 2. The standard InChI is InChI=1S/2C28H44O5Si/c2*1-14-13-27-15(2)12-18-20(26(18,8)9)19(22(27)29)21(33-34(10,11)25(5,6)7)16(3)23-28(27,17(14)4)32-24(30)31-23/h2*13,15-21,23H,12H2,1-11H3/t2*15-,16+,17+,18-,19-,20-,21-,23-,27+,28-/m11/s1. The van der Waals surface area contributed by atoms with Crippen molar-refractivity contribution in [2.24, 2.45) is 92.7 Å². The van der Waals surface area contributed by atoms with E-state index in [1.54, 1.807) is 0 Å². The predicted octanol–water partition coefficient (Wildman–Crippen LogP) is 12.8. The van der Waals surface area contributed by atoms with E-state index in [0.717, 1.165) is 24.0 Å². The van der Waals surface area contributed by atoms with Gasteiger partial charge in [0.15, 0.2) is 51.6 Å². The lowest BCUT2D eigenvalue weighted by molar-refractivity contribution is -0.154. The molecular formula is C56H88O10Si2. The first-order valence-corrected chi connectivity index (χ1v) is 32.3. The maximum atomic E-state index is 15.1. The minimum absolute atomic E-state index is 0.0104. The van der Waals surface area contributed by atoms with Crippen LogP contribution in [0.5, 0.6) is 0 Å². The number of hydrogen-bond acceptors (Lipinski definition) is 10. The molecular weight excluding hydrogens is 889 g/mol. The molecule has 10 aliphatic rings. The van der Waals surface area contributed by atoms with Gasteiger partial charge >= 0.3 is 12.3 Å². The molecule has 380 valence electrons. The Morgan fingerprint density at radius 3 is 1.16 bits per heavy atom. The van der Waals surface area contributed by atoms with Crippen LogP contribution in [0, 0.1) is 92.7 Å². The van der Waals surface area contributed by atoms with Gasteiger partial charge in [0.05, 0.1) is 23.0 Å². The summed E-state index contributed by atoms with van der Waals surface area (Å²) in [7, 11) is -4.43. The molecule has 2 aliphatic heterocycles. The minimum Gasteiger partial charge on any atom is -0.426 e. The Morgan fingerprint density at radius 2 is 0.868 bits per heavy atom. The third-order valence-corrected chi connectivity index (χ3v) is 32.0. The lowest BCUT2D eigenvalue weighted by Gasteiger charge is -2.47. The van der Waals surface area contributed by atoms with Crippen molar-refractivity contribution in [3.8, 4) is 0 Å². The molecule has 0 aromatic heterocycles. The zero-order valence-corrected chi connectivity index (χ0v) is 47.9. The van der Waals surface area contributed by atoms with Gasteiger partial charge < -0.3 is 27.8 Å². The van der Waals surface area contributed by atoms with E-state index in [0.29, 0.717) is 11.8 Å². The summed E-state index contributed by atoms with van der Waals surface area (Å²) >= 11 is 0. The molecule has 0 unspecified atom stereocenters. The monoisotopic (exact) mass is 977 g/mol. The van der Waals surface area contributed by atoms with Crippen LogP contribution in [-0.2, 0) is 37.4 Å². The zero-order valence-electron chi connectivity index (χ0n) is 45.9. The molecule has 20 atom stereocenters. The molecule has 2 heterocycles. The first kappa shape index (κ1) is 50.6. The molecule has 0 aromatic carbocycles. The summed E-state index contributed by atoms with van der Waals surface area (Å²) in [5.74, 6) is 1.27. The van der Waals surface area contributed by atoms with Gasteiger partial charge in [-0.2, -0.15) is 0 Å². The Kier molecular flexibility index (Phi) is 10.9. The number of fused-ring (bicyclic) bond motifs is 6. The molecule has 0 amide bonds. The van der Waals surface area contributed by atoms with Crippen LogP contribution in [0.2, 0.25) is 36.3 Å². The van der Waals surface area contributed by atoms with Crippen molar-refractivity contribution < 1.29 is 47.0 Å². The zero-order chi connectivity index (χ0) is 50.8. The van der Waals surface area contributed by atoms with Crippen molar-refractivity contribution in [1.29, 1.82) is 0 Å². The fourth-order valence-corrected chi connectivity index (χ4v) is 19.6. The maximum Gasteiger partial charge on any atom is 0.509 e. The highest BCUT2D eigenvalue weighted by molar-refractivity contribution is 6.74. The third kappa shape index (κ3) is 6.04. The van der Waals surface area contributed by atoms with Crippen LogP contribution in [0.1, 0.15) is 137 Å². The fraction of sp³-hybridized carbons (Fsp3) is 0.857. The second-order valence-electron chi connectivity index (χ2n) is 28.7. The van der Waals surface area contributed by atoms with Crippen molar-refractivity contribution in [2.45, 2.75) is 209 Å². The topological polar surface area (TPSA) is 124 Å².